The first-order valence-electron chi connectivity index (χ1n) is 4.34. The Bertz CT molecular complexity index is 370. The Balaban J connectivity index is 2.73. The number of carbonyl (C=O) groups excluding carboxylic acids is 1. The van der Waals surface area contributed by atoms with Crippen LogP contribution in [0.25, 0.3) is 6.08 Å². The van der Waals surface area contributed by atoms with Gasteiger partial charge in [-0.1, -0.05) is 18.2 Å². The highest BCUT2D eigenvalue weighted by Gasteiger charge is 1.95. The van der Waals surface area contributed by atoms with E-state index in [1.54, 1.807) is 24.3 Å². The van der Waals surface area contributed by atoms with E-state index in [9.17, 15) is 9.90 Å². The fourth-order valence-corrected chi connectivity index (χ4v) is 1.09. The molecule has 1 rings (SSSR count). The molecule has 0 bridgehead atoms. The molecule has 3 nitrogen and oxygen atoms in total. The molecule has 0 unspecified atom stereocenters. The molecule has 0 aliphatic heterocycles. The molecule has 1 aromatic carbocycles. The van der Waals surface area contributed by atoms with E-state index in [1.165, 1.54) is 0 Å². The van der Waals surface area contributed by atoms with Crippen molar-refractivity contribution >= 4 is 12.0 Å². The van der Waals surface area contributed by atoms with Crippen molar-refractivity contribution < 1.29 is 9.90 Å². The van der Waals surface area contributed by atoms with E-state index in [-0.39, 0.29) is 18.1 Å². The van der Waals surface area contributed by atoms with Crippen LogP contribution in [0.4, 0.5) is 0 Å². The standard InChI is InChI=1S/C11H13NO2/c1-8-7-9(5-6-10(8)13)3-2-4-11(12)14/h2-3,5-7,13H,4H2,1H3,(H2,12,14). The van der Waals surface area contributed by atoms with Crippen LogP contribution >= 0.6 is 0 Å². The third-order valence-corrected chi connectivity index (χ3v) is 1.85. The Hall–Kier alpha value is -1.77. The number of rotatable bonds is 3. The fraction of sp³-hybridized carbons (Fsp3) is 0.182. The quantitative estimate of drug-likeness (QED) is 0.762. The Labute approximate surface area is 82.9 Å². The molecule has 0 atom stereocenters. The molecule has 0 spiro atoms. The van der Waals surface area contributed by atoms with Crippen LogP contribution in [0.1, 0.15) is 17.5 Å². The van der Waals surface area contributed by atoms with Crippen LogP contribution in [0.15, 0.2) is 24.3 Å². The van der Waals surface area contributed by atoms with Gasteiger partial charge >= 0.3 is 0 Å². The number of primary amides is 1. The second-order valence-corrected chi connectivity index (χ2v) is 3.12. The molecule has 0 saturated heterocycles. The average molecular weight is 191 g/mol. The zero-order chi connectivity index (χ0) is 10.6. The minimum Gasteiger partial charge on any atom is -0.508 e. The van der Waals surface area contributed by atoms with E-state index in [4.69, 9.17) is 5.73 Å². The lowest BCUT2D eigenvalue weighted by Crippen LogP contribution is -2.07. The molecule has 0 fully saturated rings. The third-order valence-electron chi connectivity index (χ3n) is 1.85. The maximum Gasteiger partial charge on any atom is 0.221 e. The molecule has 74 valence electrons. The van der Waals surface area contributed by atoms with Gasteiger partial charge in [-0.2, -0.15) is 0 Å². The van der Waals surface area contributed by atoms with Crippen LogP contribution in [-0.4, -0.2) is 11.0 Å². The topological polar surface area (TPSA) is 63.3 Å². The smallest absolute Gasteiger partial charge is 0.221 e. The molecule has 0 saturated carbocycles. The maximum atomic E-state index is 10.4. The summed E-state index contributed by atoms with van der Waals surface area (Å²) in [5, 5.41) is 9.26. The van der Waals surface area contributed by atoms with Crippen LogP contribution in [0.3, 0.4) is 0 Å². The van der Waals surface area contributed by atoms with E-state index in [0.29, 0.717) is 0 Å². The lowest BCUT2D eigenvalue weighted by atomic mass is 10.1. The number of amides is 1. The summed E-state index contributed by atoms with van der Waals surface area (Å²) < 4.78 is 0. The van der Waals surface area contributed by atoms with Crippen molar-refractivity contribution in [2.75, 3.05) is 0 Å². The average Bonchev–Trinajstić information content (AvgIpc) is 2.10. The number of carbonyl (C=O) groups is 1. The van der Waals surface area contributed by atoms with Gasteiger partial charge in [-0.05, 0) is 30.2 Å². The van der Waals surface area contributed by atoms with Gasteiger partial charge in [0.25, 0.3) is 0 Å². The highest BCUT2D eigenvalue weighted by atomic mass is 16.3. The summed E-state index contributed by atoms with van der Waals surface area (Å²) in [5.41, 5.74) is 6.74. The Kier molecular flexibility index (Phi) is 3.29. The molecule has 1 amide bonds. The summed E-state index contributed by atoms with van der Waals surface area (Å²) in [5.74, 6) is -0.0752. The van der Waals surface area contributed by atoms with Crippen molar-refractivity contribution in [2.45, 2.75) is 13.3 Å². The number of hydrogen-bond donors (Lipinski definition) is 2. The van der Waals surface area contributed by atoms with E-state index >= 15 is 0 Å². The number of phenolic OH excluding ortho intramolecular Hbond substituents is 1. The first-order chi connectivity index (χ1) is 6.59. The largest absolute Gasteiger partial charge is 0.508 e. The number of benzene rings is 1. The zero-order valence-corrected chi connectivity index (χ0v) is 8.03. The summed E-state index contributed by atoms with van der Waals surface area (Å²) in [4.78, 5) is 10.4. The number of hydrogen-bond acceptors (Lipinski definition) is 2. The Morgan fingerprint density at radius 1 is 1.57 bits per heavy atom. The lowest BCUT2D eigenvalue weighted by molar-refractivity contribution is -0.117. The summed E-state index contributed by atoms with van der Waals surface area (Å²) in [6.07, 6.45) is 3.74. The van der Waals surface area contributed by atoms with Gasteiger partial charge in [-0.25, -0.2) is 0 Å². The molecular weight excluding hydrogens is 178 g/mol. The Morgan fingerprint density at radius 2 is 2.29 bits per heavy atom. The SMILES string of the molecule is Cc1cc(C=CCC(N)=O)ccc1O. The normalized spacial score (nSPS) is 10.6. The van der Waals surface area contributed by atoms with Crippen molar-refractivity contribution in [1.29, 1.82) is 0 Å². The van der Waals surface area contributed by atoms with Crippen molar-refractivity contribution in [3.8, 4) is 5.75 Å². The molecule has 1 aromatic rings. The lowest BCUT2D eigenvalue weighted by Gasteiger charge is -1.99. The zero-order valence-electron chi connectivity index (χ0n) is 8.03. The van der Waals surface area contributed by atoms with Gasteiger partial charge in [0.1, 0.15) is 5.75 Å². The van der Waals surface area contributed by atoms with E-state index in [2.05, 4.69) is 0 Å². The summed E-state index contributed by atoms with van der Waals surface area (Å²) >= 11 is 0. The summed E-state index contributed by atoms with van der Waals surface area (Å²) in [6, 6.07) is 5.24. The molecule has 0 aliphatic rings. The summed E-state index contributed by atoms with van der Waals surface area (Å²) in [7, 11) is 0. The maximum absolute atomic E-state index is 10.4. The number of aryl methyl sites for hydroxylation is 1. The van der Waals surface area contributed by atoms with Crippen LogP contribution in [0.2, 0.25) is 0 Å². The highest BCUT2D eigenvalue weighted by molar-refractivity contribution is 5.76. The molecule has 0 radical (unpaired) electrons. The van der Waals surface area contributed by atoms with Gasteiger partial charge < -0.3 is 10.8 Å². The molecule has 0 aliphatic carbocycles. The first kappa shape index (κ1) is 10.3. The second-order valence-electron chi connectivity index (χ2n) is 3.12. The molecule has 0 heterocycles. The Morgan fingerprint density at radius 3 is 2.86 bits per heavy atom. The molecule has 14 heavy (non-hydrogen) atoms. The minimum absolute atomic E-state index is 0.236. The second kappa shape index (κ2) is 4.46. The predicted molar refractivity (Wildman–Crippen MR) is 55.7 cm³/mol. The summed E-state index contributed by atoms with van der Waals surface area (Å²) in [6.45, 7) is 1.82. The minimum atomic E-state index is -0.350. The number of phenols is 1. The van der Waals surface area contributed by atoms with E-state index in [1.807, 2.05) is 13.0 Å². The van der Waals surface area contributed by atoms with Gasteiger partial charge in [0.2, 0.25) is 5.91 Å². The monoisotopic (exact) mass is 191 g/mol. The molecule has 3 N–H and O–H groups in total. The van der Waals surface area contributed by atoms with E-state index in [0.717, 1.165) is 11.1 Å². The van der Waals surface area contributed by atoms with Crippen LogP contribution in [0.5, 0.6) is 5.75 Å². The predicted octanol–water partition coefficient (Wildman–Crippen LogP) is 1.59. The molecule has 0 aromatic heterocycles. The van der Waals surface area contributed by atoms with Gasteiger partial charge in [0.15, 0.2) is 0 Å². The number of aromatic hydroxyl groups is 1. The van der Waals surface area contributed by atoms with Crippen molar-refractivity contribution in [1.82, 2.24) is 0 Å². The van der Waals surface area contributed by atoms with Crippen LogP contribution in [-0.2, 0) is 4.79 Å². The van der Waals surface area contributed by atoms with Crippen molar-refractivity contribution in [3.63, 3.8) is 0 Å². The van der Waals surface area contributed by atoms with Crippen molar-refractivity contribution in [3.05, 3.63) is 35.4 Å². The van der Waals surface area contributed by atoms with Gasteiger partial charge in [0.05, 0.1) is 0 Å². The van der Waals surface area contributed by atoms with Crippen LogP contribution < -0.4 is 5.73 Å². The first-order valence-corrected chi connectivity index (χ1v) is 4.34. The number of nitrogens with two attached hydrogens (primary N) is 1. The molecule has 3 heteroatoms. The molecular formula is C11H13NO2. The van der Waals surface area contributed by atoms with Gasteiger partial charge in [-0.3, -0.25) is 4.79 Å². The van der Waals surface area contributed by atoms with Gasteiger partial charge in [0, 0.05) is 6.42 Å². The third kappa shape index (κ3) is 2.94. The van der Waals surface area contributed by atoms with Gasteiger partial charge in [-0.15, -0.1) is 0 Å². The fourth-order valence-electron chi connectivity index (χ4n) is 1.09. The van der Waals surface area contributed by atoms with E-state index < -0.39 is 0 Å². The van der Waals surface area contributed by atoms with Crippen LogP contribution in [0, 0.1) is 6.92 Å². The van der Waals surface area contributed by atoms with Crippen molar-refractivity contribution in [2.24, 2.45) is 5.73 Å². The highest BCUT2D eigenvalue weighted by Crippen LogP contribution is 2.17.